The highest BCUT2D eigenvalue weighted by Gasteiger charge is 2.09. The average molecular weight is 339 g/mol. The third-order valence-electron chi connectivity index (χ3n) is 4.11. The lowest BCUT2D eigenvalue weighted by Crippen LogP contribution is -2.22. The fourth-order valence-electron chi connectivity index (χ4n) is 2.67. The lowest BCUT2D eigenvalue weighted by atomic mass is 10.1. The third-order valence-corrected chi connectivity index (χ3v) is 4.11. The molecule has 0 aromatic heterocycles. The molecule has 0 aliphatic carbocycles. The molecule has 0 saturated heterocycles. The molecule has 2 rings (SSSR count). The Labute approximate surface area is 149 Å². The number of benzene rings is 2. The molecule has 0 atom stereocenters. The predicted molar refractivity (Wildman–Crippen MR) is 104 cm³/mol. The maximum absolute atomic E-state index is 12.2. The first kappa shape index (κ1) is 18.5. The van der Waals surface area contributed by atoms with Crippen LogP contribution in [0.5, 0.6) is 0 Å². The van der Waals surface area contributed by atoms with E-state index in [2.05, 4.69) is 35.4 Å². The van der Waals surface area contributed by atoms with Gasteiger partial charge in [0.25, 0.3) is 0 Å². The number of hydrogen-bond donors (Lipinski definition) is 2. The van der Waals surface area contributed by atoms with Gasteiger partial charge in [-0.15, -0.1) is 0 Å². The summed E-state index contributed by atoms with van der Waals surface area (Å²) in [5.41, 5.74) is 4.05. The maximum Gasteiger partial charge on any atom is 0.323 e. The Morgan fingerprint density at radius 3 is 2.32 bits per heavy atom. The molecule has 2 amide bonds. The van der Waals surface area contributed by atoms with E-state index in [0.717, 1.165) is 30.0 Å². The standard InChI is InChI=1S/C20H25N3O2/c1-5-23(6-2)18-10-11-19(14(3)12-18)22-20(25)21-17-9-7-8-16(13-17)15(4)24/h7-13H,5-6H2,1-4H3,(H2,21,22,25). The fraction of sp³-hybridized carbons (Fsp3) is 0.300. The zero-order valence-corrected chi connectivity index (χ0v) is 15.2. The van der Waals surface area contributed by atoms with Gasteiger partial charge in [0.2, 0.25) is 0 Å². The van der Waals surface area contributed by atoms with E-state index >= 15 is 0 Å². The normalized spacial score (nSPS) is 10.2. The van der Waals surface area contributed by atoms with Crippen molar-refractivity contribution in [2.75, 3.05) is 28.6 Å². The molecule has 132 valence electrons. The van der Waals surface area contributed by atoms with Crippen molar-refractivity contribution in [3.63, 3.8) is 0 Å². The van der Waals surface area contributed by atoms with E-state index in [-0.39, 0.29) is 11.8 Å². The molecule has 0 heterocycles. The van der Waals surface area contributed by atoms with E-state index in [0.29, 0.717) is 11.3 Å². The van der Waals surface area contributed by atoms with E-state index in [1.165, 1.54) is 6.92 Å². The number of anilines is 3. The van der Waals surface area contributed by atoms with Crippen molar-refractivity contribution in [2.45, 2.75) is 27.7 Å². The first-order valence-corrected chi connectivity index (χ1v) is 8.49. The van der Waals surface area contributed by atoms with Crippen LogP contribution in [0.2, 0.25) is 0 Å². The Morgan fingerprint density at radius 1 is 1.00 bits per heavy atom. The van der Waals surface area contributed by atoms with E-state index in [9.17, 15) is 9.59 Å². The number of nitrogens with one attached hydrogen (secondary N) is 2. The first-order valence-electron chi connectivity index (χ1n) is 8.49. The Hall–Kier alpha value is -2.82. The minimum atomic E-state index is -0.334. The van der Waals surface area contributed by atoms with Crippen LogP contribution in [0.15, 0.2) is 42.5 Å². The molecule has 0 aliphatic heterocycles. The molecule has 2 aromatic carbocycles. The number of Topliss-reactive ketones (excluding diaryl/α,β-unsaturated/α-hetero) is 1. The number of urea groups is 1. The van der Waals surface area contributed by atoms with E-state index in [4.69, 9.17) is 0 Å². The second-order valence-electron chi connectivity index (χ2n) is 5.89. The van der Waals surface area contributed by atoms with Crippen molar-refractivity contribution in [3.8, 4) is 0 Å². The van der Waals surface area contributed by atoms with Crippen LogP contribution in [0.3, 0.4) is 0 Å². The molecular formula is C20H25N3O2. The SMILES string of the molecule is CCN(CC)c1ccc(NC(=O)Nc2cccc(C(C)=O)c2)c(C)c1. The van der Waals surface area contributed by atoms with E-state index in [1.807, 2.05) is 19.1 Å². The van der Waals surface area contributed by atoms with Crippen LogP contribution < -0.4 is 15.5 Å². The van der Waals surface area contributed by atoms with Gasteiger partial charge in [0.05, 0.1) is 0 Å². The number of carbonyl (C=O) groups is 2. The van der Waals surface area contributed by atoms with Crippen molar-refractivity contribution in [1.82, 2.24) is 0 Å². The topological polar surface area (TPSA) is 61.4 Å². The van der Waals surface area contributed by atoms with Crippen LogP contribution in [0.4, 0.5) is 21.9 Å². The summed E-state index contributed by atoms with van der Waals surface area (Å²) < 4.78 is 0. The van der Waals surface area contributed by atoms with Crippen LogP contribution in [-0.2, 0) is 0 Å². The maximum atomic E-state index is 12.2. The van der Waals surface area contributed by atoms with Crippen molar-refractivity contribution in [1.29, 1.82) is 0 Å². The predicted octanol–water partition coefficient (Wildman–Crippen LogP) is 4.69. The van der Waals surface area contributed by atoms with Gasteiger partial charge >= 0.3 is 6.03 Å². The van der Waals surface area contributed by atoms with Crippen LogP contribution in [0.1, 0.15) is 36.7 Å². The molecule has 0 aliphatic rings. The van der Waals surface area contributed by atoms with Crippen molar-refractivity contribution >= 4 is 28.9 Å². The zero-order chi connectivity index (χ0) is 18.4. The van der Waals surface area contributed by atoms with Gasteiger partial charge in [0, 0.05) is 35.7 Å². The van der Waals surface area contributed by atoms with Crippen molar-refractivity contribution in [3.05, 3.63) is 53.6 Å². The summed E-state index contributed by atoms with van der Waals surface area (Å²) in [5.74, 6) is -0.0353. The second kappa shape index (κ2) is 8.33. The van der Waals surface area contributed by atoms with Gasteiger partial charge in [-0.1, -0.05) is 12.1 Å². The Kier molecular flexibility index (Phi) is 6.17. The largest absolute Gasteiger partial charge is 0.372 e. The number of amides is 2. The van der Waals surface area contributed by atoms with Crippen LogP contribution in [0.25, 0.3) is 0 Å². The lowest BCUT2D eigenvalue weighted by molar-refractivity contribution is 0.101. The zero-order valence-electron chi connectivity index (χ0n) is 15.2. The smallest absolute Gasteiger partial charge is 0.323 e. The second-order valence-corrected chi connectivity index (χ2v) is 5.89. The molecule has 2 aromatic rings. The molecule has 5 nitrogen and oxygen atoms in total. The highest BCUT2D eigenvalue weighted by molar-refractivity contribution is 6.01. The molecule has 0 radical (unpaired) electrons. The van der Waals surface area contributed by atoms with Crippen LogP contribution in [-0.4, -0.2) is 24.9 Å². The number of rotatable bonds is 6. The number of ketones is 1. The van der Waals surface area contributed by atoms with Gasteiger partial charge in [-0.2, -0.15) is 0 Å². The Morgan fingerprint density at radius 2 is 1.72 bits per heavy atom. The molecule has 0 spiro atoms. The highest BCUT2D eigenvalue weighted by Crippen LogP contribution is 2.23. The highest BCUT2D eigenvalue weighted by atomic mass is 16.2. The summed E-state index contributed by atoms with van der Waals surface area (Å²) in [6, 6.07) is 12.5. The molecule has 5 heteroatoms. The molecule has 0 bridgehead atoms. The molecule has 0 unspecified atom stereocenters. The summed E-state index contributed by atoms with van der Waals surface area (Å²) in [7, 11) is 0. The number of aryl methyl sites for hydroxylation is 1. The van der Waals surface area contributed by atoms with Gasteiger partial charge in [-0.05, 0) is 63.6 Å². The minimum Gasteiger partial charge on any atom is -0.372 e. The summed E-state index contributed by atoms with van der Waals surface area (Å²) in [6.45, 7) is 9.59. The average Bonchev–Trinajstić information content (AvgIpc) is 2.58. The molecular weight excluding hydrogens is 314 g/mol. The monoisotopic (exact) mass is 339 g/mol. The van der Waals surface area contributed by atoms with Gasteiger partial charge in [0.15, 0.2) is 5.78 Å². The molecule has 2 N–H and O–H groups in total. The summed E-state index contributed by atoms with van der Waals surface area (Å²) in [4.78, 5) is 25.9. The van der Waals surface area contributed by atoms with Gasteiger partial charge in [-0.3, -0.25) is 4.79 Å². The Bertz CT molecular complexity index is 767. The number of nitrogens with zero attached hydrogens (tertiary/aromatic N) is 1. The lowest BCUT2D eigenvalue weighted by Gasteiger charge is -2.22. The van der Waals surface area contributed by atoms with Crippen LogP contribution in [0, 0.1) is 6.92 Å². The number of carbonyl (C=O) groups excluding carboxylic acids is 2. The van der Waals surface area contributed by atoms with E-state index < -0.39 is 0 Å². The summed E-state index contributed by atoms with van der Waals surface area (Å²) >= 11 is 0. The summed E-state index contributed by atoms with van der Waals surface area (Å²) in [5, 5.41) is 5.62. The molecule has 25 heavy (non-hydrogen) atoms. The van der Waals surface area contributed by atoms with Crippen LogP contribution >= 0.6 is 0 Å². The van der Waals surface area contributed by atoms with Gasteiger partial charge < -0.3 is 15.5 Å². The summed E-state index contributed by atoms with van der Waals surface area (Å²) in [6.07, 6.45) is 0. The van der Waals surface area contributed by atoms with E-state index in [1.54, 1.807) is 24.3 Å². The Balaban J connectivity index is 2.08. The van der Waals surface area contributed by atoms with Crippen molar-refractivity contribution < 1.29 is 9.59 Å². The number of hydrogen-bond acceptors (Lipinski definition) is 3. The molecule has 0 saturated carbocycles. The quantitative estimate of drug-likeness (QED) is 0.751. The molecule has 0 fully saturated rings. The van der Waals surface area contributed by atoms with Crippen molar-refractivity contribution in [2.24, 2.45) is 0 Å². The van der Waals surface area contributed by atoms with Gasteiger partial charge in [-0.25, -0.2) is 4.79 Å². The third kappa shape index (κ3) is 4.83. The minimum absolute atomic E-state index is 0.0353. The van der Waals surface area contributed by atoms with Gasteiger partial charge in [0.1, 0.15) is 0 Å². The fourth-order valence-corrected chi connectivity index (χ4v) is 2.67. The first-order chi connectivity index (χ1) is 11.9.